The average Bonchev–Trinajstić information content (AvgIpc) is 2.93. The lowest BCUT2D eigenvalue weighted by molar-refractivity contribution is -0.118. The van der Waals surface area contributed by atoms with E-state index >= 15 is 0 Å². The van der Waals surface area contributed by atoms with Crippen molar-refractivity contribution in [2.75, 3.05) is 18.5 Å². The van der Waals surface area contributed by atoms with Crippen LogP contribution in [0.25, 0.3) is 0 Å². The van der Waals surface area contributed by atoms with Gasteiger partial charge in [0.25, 0.3) is 0 Å². The molecule has 2 aromatic rings. The molecule has 0 saturated heterocycles. The second kappa shape index (κ2) is 6.61. The van der Waals surface area contributed by atoms with Crippen LogP contribution in [0.1, 0.15) is 57.5 Å². The summed E-state index contributed by atoms with van der Waals surface area (Å²) in [5, 5.41) is 8.11. The maximum absolute atomic E-state index is 13.2. The number of anilines is 1. The molecular formula is C22H26N4O3. The Morgan fingerprint density at radius 2 is 2.00 bits per heavy atom. The van der Waals surface area contributed by atoms with Crippen molar-refractivity contribution in [1.82, 2.24) is 14.8 Å². The van der Waals surface area contributed by atoms with E-state index in [4.69, 9.17) is 14.6 Å². The molecule has 0 spiro atoms. The van der Waals surface area contributed by atoms with Gasteiger partial charge in [-0.1, -0.05) is 26.8 Å². The van der Waals surface area contributed by atoms with Gasteiger partial charge in [0, 0.05) is 30.5 Å². The highest BCUT2D eigenvalue weighted by Gasteiger charge is 2.42. The van der Waals surface area contributed by atoms with Crippen LogP contribution in [0.5, 0.6) is 11.5 Å². The number of hydrogen-bond donors (Lipinski definition) is 1. The van der Waals surface area contributed by atoms with E-state index in [1.54, 1.807) is 0 Å². The molecule has 1 N–H and O–H groups in total. The number of fused-ring (bicyclic) bond motifs is 2. The molecule has 1 aromatic heterocycles. The Morgan fingerprint density at radius 1 is 1.21 bits per heavy atom. The summed E-state index contributed by atoms with van der Waals surface area (Å²) in [6, 6.07) is 5.63. The number of carbonyl (C=O) groups is 1. The molecule has 2 aliphatic heterocycles. The third kappa shape index (κ3) is 3.09. The zero-order chi connectivity index (χ0) is 20.2. The molecule has 5 rings (SSSR count). The number of ether oxygens (including phenoxy) is 2. The lowest BCUT2D eigenvalue weighted by atomic mass is 9.73. The lowest BCUT2D eigenvalue weighted by Gasteiger charge is -2.38. The summed E-state index contributed by atoms with van der Waals surface area (Å²) in [5.41, 5.74) is 2.64. The number of rotatable bonds is 2. The summed E-state index contributed by atoms with van der Waals surface area (Å²) in [6.07, 6.45) is 2.93. The monoisotopic (exact) mass is 394 g/mol. The van der Waals surface area contributed by atoms with Crippen molar-refractivity contribution >= 4 is 11.7 Å². The normalized spacial score (nSPS) is 22.4. The fourth-order valence-electron chi connectivity index (χ4n) is 4.46. The maximum atomic E-state index is 13.2. The van der Waals surface area contributed by atoms with Crippen LogP contribution in [0, 0.1) is 5.41 Å². The summed E-state index contributed by atoms with van der Waals surface area (Å²) in [4.78, 5) is 17.9. The third-order valence-electron chi connectivity index (χ3n) is 5.78. The smallest absolute Gasteiger partial charge is 0.226 e. The van der Waals surface area contributed by atoms with Crippen molar-refractivity contribution in [3.05, 3.63) is 40.9 Å². The summed E-state index contributed by atoms with van der Waals surface area (Å²) >= 11 is 0. The van der Waals surface area contributed by atoms with Crippen molar-refractivity contribution in [3.63, 3.8) is 0 Å². The first-order chi connectivity index (χ1) is 13.9. The second-order valence-electron chi connectivity index (χ2n) is 8.77. The van der Waals surface area contributed by atoms with Gasteiger partial charge < -0.3 is 14.8 Å². The van der Waals surface area contributed by atoms with Crippen molar-refractivity contribution in [2.45, 2.75) is 52.5 Å². The van der Waals surface area contributed by atoms with E-state index in [0.717, 1.165) is 53.4 Å². The van der Waals surface area contributed by atoms with Gasteiger partial charge in [-0.3, -0.25) is 4.79 Å². The van der Waals surface area contributed by atoms with Gasteiger partial charge in [-0.2, -0.15) is 10.1 Å². The lowest BCUT2D eigenvalue weighted by Crippen LogP contribution is -2.36. The van der Waals surface area contributed by atoms with E-state index < -0.39 is 0 Å². The molecule has 0 saturated carbocycles. The number of aryl methyl sites for hydroxylation is 1. The van der Waals surface area contributed by atoms with E-state index in [1.165, 1.54) is 0 Å². The highest BCUT2D eigenvalue weighted by atomic mass is 16.5. The van der Waals surface area contributed by atoms with E-state index in [1.807, 2.05) is 29.8 Å². The minimum Gasteiger partial charge on any atom is -0.490 e. The van der Waals surface area contributed by atoms with Gasteiger partial charge in [-0.15, -0.1) is 0 Å². The van der Waals surface area contributed by atoms with Crippen molar-refractivity contribution in [1.29, 1.82) is 0 Å². The Kier molecular flexibility index (Phi) is 4.15. The van der Waals surface area contributed by atoms with Crippen molar-refractivity contribution in [2.24, 2.45) is 5.41 Å². The van der Waals surface area contributed by atoms with Gasteiger partial charge in [0.15, 0.2) is 23.1 Å². The number of allylic oxidation sites excluding steroid dienone is 2. The van der Waals surface area contributed by atoms with Crippen LogP contribution in [-0.2, 0) is 11.2 Å². The fourth-order valence-corrected chi connectivity index (χ4v) is 4.46. The molecule has 1 aliphatic carbocycles. The molecule has 7 heteroatoms. The number of nitrogens with zero attached hydrogens (tertiary/aromatic N) is 3. The van der Waals surface area contributed by atoms with Gasteiger partial charge in [-0.05, 0) is 29.5 Å². The SMILES string of the molecule is CCc1nc2n(n1)C(c1ccc3c(c1)OCCCO3)C1=C(CC(C)(C)CC1=O)N2. The number of Topliss-reactive ketones (excluding diaryl/α,β-unsaturated/α-hetero) is 1. The standard InChI is InChI=1S/C22H26N4O3/c1-4-18-24-21-23-14-11-22(2,3)12-15(27)19(14)20(26(21)25-18)13-6-7-16-17(10-13)29-9-5-8-28-16/h6-7,10,20H,4-5,8-9,11-12H2,1-3H3,(H,23,24,25). The first kappa shape index (κ1) is 18.2. The molecule has 29 heavy (non-hydrogen) atoms. The molecule has 0 amide bonds. The highest BCUT2D eigenvalue weighted by molar-refractivity contribution is 6.00. The zero-order valence-electron chi connectivity index (χ0n) is 17.1. The number of nitrogens with one attached hydrogen (secondary N) is 1. The minimum atomic E-state index is -0.310. The van der Waals surface area contributed by atoms with Crippen LogP contribution >= 0.6 is 0 Å². The molecule has 7 nitrogen and oxygen atoms in total. The molecule has 3 heterocycles. The molecule has 0 bridgehead atoms. The van der Waals surface area contributed by atoms with Crippen LogP contribution < -0.4 is 14.8 Å². The van der Waals surface area contributed by atoms with Crippen LogP contribution in [0.3, 0.4) is 0 Å². The Morgan fingerprint density at radius 3 is 2.79 bits per heavy atom. The number of ketones is 1. The number of aromatic nitrogens is 3. The molecule has 1 aromatic carbocycles. The Bertz CT molecular complexity index is 1020. The number of carbonyl (C=O) groups excluding carboxylic acids is 1. The van der Waals surface area contributed by atoms with Crippen LogP contribution in [0.2, 0.25) is 0 Å². The Balaban J connectivity index is 1.66. The zero-order valence-corrected chi connectivity index (χ0v) is 17.1. The van der Waals surface area contributed by atoms with E-state index in [0.29, 0.717) is 25.6 Å². The van der Waals surface area contributed by atoms with E-state index in [9.17, 15) is 4.79 Å². The topological polar surface area (TPSA) is 78.3 Å². The minimum absolute atomic E-state index is 0.0754. The summed E-state index contributed by atoms with van der Waals surface area (Å²) < 4.78 is 13.5. The Hall–Kier alpha value is -2.83. The van der Waals surface area contributed by atoms with Crippen molar-refractivity contribution in [3.8, 4) is 11.5 Å². The fraction of sp³-hybridized carbons (Fsp3) is 0.500. The van der Waals surface area contributed by atoms with Crippen LogP contribution in [-0.4, -0.2) is 33.8 Å². The molecular weight excluding hydrogens is 368 g/mol. The highest BCUT2D eigenvalue weighted by Crippen LogP contribution is 2.46. The van der Waals surface area contributed by atoms with Gasteiger partial charge >= 0.3 is 0 Å². The third-order valence-corrected chi connectivity index (χ3v) is 5.78. The van der Waals surface area contributed by atoms with E-state index in [-0.39, 0.29) is 17.2 Å². The Labute approximate surface area is 170 Å². The van der Waals surface area contributed by atoms with Gasteiger partial charge in [0.1, 0.15) is 6.04 Å². The van der Waals surface area contributed by atoms with Gasteiger partial charge in [0.2, 0.25) is 5.95 Å². The molecule has 3 aliphatic rings. The molecule has 1 atom stereocenters. The largest absolute Gasteiger partial charge is 0.490 e. The van der Waals surface area contributed by atoms with Crippen molar-refractivity contribution < 1.29 is 14.3 Å². The predicted octanol–water partition coefficient (Wildman–Crippen LogP) is 3.66. The van der Waals surface area contributed by atoms with Crippen LogP contribution in [0.15, 0.2) is 29.5 Å². The quantitative estimate of drug-likeness (QED) is 0.838. The first-order valence-corrected chi connectivity index (χ1v) is 10.3. The first-order valence-electron chi connectivity index (χ1n) is 10.3. The average molecular weight is 394 g/mol. The van der Waals surface area contributed by atoms with Gasteiger partial charge in [-0.25, -0.2) is 4.68 Å². The van der Waals surface area contributed by atoms with Crippen LogP contribution in [0.4, 0.5) is 5.95 Å². The summed E-state index contributed by atoms with van der Waals surface area (Å²) in [6.45, 7) is 7.57. The molecule has 0 radical (unpaired) electrons. The van der Waals surface area contributed by atoms with E-state index in [2.05, 4.69) is 24.1 Å². The number of hydrogen-bond acceptors (Lipinski definition) is 6. The summed E-state index contributed by atoms with van der Waals surface area (Å²) in [5.74, 6) is 3.10. The predicted molar refractivity (Wildman–Crippen MR) is 108 cm³/mol. The number of benzene rings is 1. The van der Waals surface area contributed by atoms with Gasteiger partial charge in [0.05, 0.1) is 13.2 Å². The maximum Gasteiger partial charge on any atom is 0.226 e. The molecule has 0 fully saturated rings. The molecule has 152 valence electrons. The second-order valence-corrected chi connectivity index (χ2v) is 8.77. The summed E-state index contributed by atoms with van der Waals surface area (Å²) in [7, 11) is 0. The molecule has 1 unspecified atom stereocenters.